The topological polar surface area (TPSA) is 24.9 Å². The van der Waals surface area contributed by atoms with E-state index in [1.54, 1.807) is 11.3 Å². The molecule has 0 bridgehead atoms. The van der Waals surface area contributed by atoms with Crippen LogP contribution in [0.4, 0.5) is 0 Å². The minimum absolute atomic E-state index is 0.484. The van der Waals surface area contributed by atoms with Crippen LogP contribution in [0.15, 0.2) is 29.6 Å². The summed E-state index contributed by atoms with van der Waals surface area (Å²) in [6.45, 7) is 1.13. The van der Waals surface area contributed by atoms with E-state index in [1.807, 2.05) is 0 Å². The number of thiazole rings is 1. The first-order valence-electron chi connectivity index (χ1n) is 5.78. The lowest BCUT2D eigenvalue weighted by Gasteiger charge is -2.04. The first-order valence-corrected chi connectivity index (χ1v) is 7.73. The minimum Gasteiger partial charge on any atom is -0.308 e. The third-order valence-corrected chi connectivity index (χ3v) is 4.70. The van der Waals surface area contributed by atoms with Crippen molar-refractivity contribution in [2.24, 2.45) is 0 Å². The van der Waals surface area contributed by atoms with Crippen molar-refractivity contribution in [2.45, 2.75) is 18.9 Å². The number of hydrogen-bond donors (Lipinski definition) is 1. The average Bonchev–Trinajstić information content (AvgIpc) is 3.00. The second kappa shape index (κ2) is 5.04. The molecule has 3 rings (SSSR count). The van der Waals surface area contributed by atoms with Gasteiger partial charge in [-0.1, -0.05) is 12.1 Å². The van der Waals surface area contributed by atoms with Crippen LogP contribution in [0, 0.1) is 3.57 Å². The van der Waals surface area contributed by atoms with Crippen molar-refractivity contribution >= 4 is 33.9 Å². The van der Waals surface area contributed by atoms with Crippen LogP contribution in [0.3, 0.4) is 0 Å². The Morgan fingerprint density at radius 2 is 2.12 bits per heavy atom. The molecule has 0 amide bonds. The molecule has 0 spiro atoms. The number of nitrogens with one attached hydrogen (secondary N) is 1. The molecule has 17 heavy (non-hydrogen) atoms. The van der Waals surface area contributed by atoms with Crippen LogP contribution < -0.4 is 5.32 Å². The van der Waals surface area contributed by atoms with Crippen molar-refractivity contribution in [2.75, 3.05) is 6.54 Å². The lowest BCUT2D eigenvalue weighted by molar-refractivity contribution is 0.643. The third-order valence-electron chi connectivity index (χ3n) is 3.02. The Morgan fingerprint density at radius 1 is 1.29 bits per heavy atom. The van der Waals surface area contributed by atoms with Crippen molar-refractivity contribution in [3.63, 3.8) is 0 Å². The Kier molecular flexibility index (Phi) is 3.44. The van der Waals surface area contributed by atoms with E-state index >= 15 is 0 Å². The second-order valence-electron chi connectivity index (χ2n) is 4.23. The summed E-state index contributed by atoms with van der Waals surface area (Å²) in [5.41, 5.74) is 2.32. The smallest absolute Gasteiger partial charge is 0.110 e. The van der Waals surface area contributed by atoms with E-state index in [0.717, 1.165) is 12.2 Å². The minimum atomic E-state index is 0.484. The van der Waals surface area contributed by atoms with Gasteiger partial charge in [-0.3, -0.25) is 0 Å². The quantitative estimate of drug-likeness (QED) is 0.827. The predicted octanol–water partition coefficient (Wildman–Crippen LogP) is 3.84. The van der Waals surface area contributed by atoms with Crippen LogP contribution in [0.5, 0.6) is 0 Å². The summed E-state index contributed by atoms with van der Waals surface area (Å²) in [7, 11) is 0. The Labute approximate surface area is 119 Å². The van der Waals surface area contributed by atoms with Gasteiger partial charge in [-0.05, 0) is 54.1 Å². The van der Waals surface area contributed by atoms with E-state index in [-0.39, 0.29) is 0 Å². The van der Waals surface area contributed by atoms with Crippen molar-refractivity contribution in [1.29, 1.82) is 0 Å². The van der Waals surface area contributed by atoms with E-state index in [2.05, 4.69) is 57.6 Å². The monoisotopic (exact) mass is 356 g/mol. The second-order valence-corrected chi connectivity index (χ2v) is 6.36. The zero-order chi connectivity index (χ0) is 11.7. The first kappa shape index (κ1) is 11.6. The molecule has 4 heteroatoms. The van der Waals surface area contributed by atoms with Crippen LogP contribution in [0.1, 0.15) is 23.9 Å². The van der Waals surface area contributed by atoms with E-state index in [0.29, 0.717) is 6.04 Å². The molecule has 1 aromatic carbocycles. The predicted molar refractivity (Wildman–Crippen MR) is 80.2 cm³/mol. The highest BCUT2D eigenvalue weighted by Gasteiger charge is 2.19. The molecule has 2 nitrogen and oxygen atoms in total. The van der Waals surface area contributed by atoms with Gasteiger partial charge in [0.1, 0.15) is 5.01 Å². The van der Waals surface area contributed by atoms with Gasteiger partial charge in [-0.2, -0.15) is 0 Å². The zero-order valence-corrected chi connectivity index (χ0v) is 12.3. The molecule has 2 aromatic rings. The molecule has 0 radical (unpaired) electrons. The molecule has 2 heterocycles. The van der Waals surface area contributed by atoms with Gasteiger partial charge in [-0.15, -0.1) is 11.3 Å². The summed E-state index contributed by atoms with van der Waals surface area (Å²) in [5, 5.41) is 6.89. The summed E-state index contributed by atoms with van der Waals surface area (Å²) in [6.07, 6.45) is 2.49. The van der Waals surface area contributed by atoms with Crippen LogP contribution in [-0.4, -0.2) is 11.5 Å². The summed E-state index contributed by atoms with van der Waals surface area (Å²) in [4.78, 5) is 4.75. The molecule has 0 saturated carbocycles. The van der Waals surface area contributed by atoms with Gasteiger partial charge < -0.3 is 5.32 Å². The summed E-state index contributed by atoms with van der Waals surface area (Å²) in [6, 6.07) is 9.02. The maximum atomic E-state index is 4.75. The molecule has 1 aliphatic heterocycles. The van der Waals surface area contributed by atoms with Crippen molar-refractivity contribution in [1.82, 2.24) is 10.3 Å². The van der Waals surface area contributed by atoms with E-state index in [4.69, 9.17) is 4.98 Å². The molecule has 1 fully saturated rings. The highest BCUT2D eigenvalue weighted by molar-refractivity contribution is 14.1. The third kappa shape index (κ3) is 2.53. The van der Waals surface area contributed by atoms with Crippen LogP contribution in [0.2, 0.25) is 0 Å². The van der Waals surface area contributed by atoms with Crippen LogP contribution in [0.25, 0.3) is 11.3 Å². The first-order chi connectivity index (χ1) is 8.33. The van der Waals surface area contributed by atoms with Gasteiger partial charge in [0.05, 0.1) is 11.7 Å². The fourth-order valence-electron chi connectivity index (χ4n) is 2.10. The molecule has 1 aliphatic rings. The van der Waals surface area contributed by atoms with E-state index in [9.17, 15) is 0 Å². The Balaban J connectivity index is 1.86. The van der Waals surface area contributed by atoms with Crippen molar-refractivity contribution in [3.05, 3.63) is 38.2 Å². The largest absolute Gasteiger partial charge is 0.308 e. The lowest BCUT2D eigenvalue weighted by Crippen LogP contribution is -2.12. The van der Waals surface area contributed by atoms with Gasteiger partial charge in [0.2, 0.25) is 0 Å². The molecule has 1 atom stereocenters. The molecule has 1 saturated heterocycles. The number of benzene rings is 1. The lowest BCUT2D eigenvalue weighted by atomic mass is 10.2. The van der Waals surface area contributed by atoms with Gasteiger partial charge in [0.15, 0.2) is 0 Å². The Morgan fingerprint density at radius 3 is 2.82 bits per heavy atom. The maximum absolute atomic E-state index is 4.75. The van der Waals surface area contributed by atoms with Gasteiger partial charge in [-0.25, -0.2) is 4.98 Å². The fourth-order valence-corrected chi connectivity index (χ4v) is 3.39. The molecule has 1 unspecified atom stereocenters. The summed E-state index contributed by atoms with van der Waals surface area (Å²) in [5.74, 6) is 0. The fraction of sp³-hybridized carbons (Fsp3) is 0.308. The maximum Gasteiger partial charge on any atom is 0.110 e. The molecule has 0 aliphatic carbocycles. The average molecular weight is 356 g/mol. The van der Waals surface area contributed by atoms with Crippen molar-refractivity contribution in [3.8, 4) is 11.3 Å². The summed E-state index contributed by atoms with van der Waals surface area (Å²) >= 11 is 4.09. The Bertz CT molecular complexity index is 500. The molecular weight excluding hydrogens is 343 g/mol. The SMILES string of the molecule is Ic1ccc(-c2csc(C3CCCN3)n2)cc1. The molecule has 88 valence electrons. The van der Waals surface area contributed by atoms with Crippen molar-refractivity contribution < 1.29 is 0 Å². The number of nitrogens with zero attached hydrogens (tertiary/aromatic N) is 1. The Hall–Kier alpha value is -0.460. The number of hydrogen-bond acceptors (Lipinski definition) is 3. The number of rotatable bonds is 2. The highest BCUT2D eigenvalue weighted by Crippen LogP contribution is 2.29. The van der Waals surface area contributed by atoms with Crippen LogP contribution >= 0.6 is 33.9 Å². The van der Waals surface area contributed by atoms with Gasteiger partial charge in [0.25, 0.3) is 0 Å². The normalized spacial score (nSPS) is 19.7. The molecule has 1 aromatic heterocycles. The van der Waals surface area contributed by atoms with Gasteiger partial charge >= 0.3 is 0 Å². The van der Waals surface area contributed by atoms with E-state index in [1.165, 1.54) is 27.0 Å². The van der Waals surface area contributed by atoms with Crippen LogP contribution in [-0.2, 0) is 0 Å². The molecular formula is C13H13IN2S. The molecule has 1 N–H and O–H groups in total. The zero-order valence-electron chi connectivity index (χ0n) is 9.32. The van der Waals surface area contributed by atoms with E-state index < -0.39 is 0 Å². The standard InChI is InChI=1S/C13H13IN2S/c14-10-5-3-9(4-6-10)12-8-17-13(16-12)11-2-1-7-15-11/h3-6,8,11,15H,1-2,7H2. The number of halogens is 1. The summed E-state index contributed by atoms with van der Waals surface area (Å²) < 4.78 is 1.26. The number of aromatic nitrogens is 1. The highest BCUT2D eigenvalue weighted by atomic mass is 127. The van der Waals surface area contributed by atoms with Gasteiger partial charge in [0, 0.05) is 14.5 Å².